The summed E-state index contributed by atoms with van der Waals surface area (Å²) in [6, 6.07) is 3.97. The number of hydrogen-bond acceptors (Lipinski definition) is 4. The molecule has 1 saturated carbocycles. The van der Waals surface area contributed by atoms with Crippen LogP contribution < -0.4 is 5.32 Å². The summed E-state index contributed by atoms with van der Waals surface area (Å²) >= 11 is 0. The first-order valence-corrected chi connectivity index (χ1v) is 7.09. The van der Waals surface area contributed by atoms with Crippen LogP contribution in [0.15, 0.2) is 18.2 Å². The van der Waals surface area contributed by atoms with E-state index in [1.165, 1.54) is 18.2 Å². The van der Waals surface area contributed by atoms with Gasteiger partial charge in [-0.3, -0.25) is 10.1 Å². The number of benzene rings is 1. The molecule has 1 aromatic rings. The fraction of sp³-hybridized carbons (Fsp3) is 0.533. The van der Waals surface area contributed by atoms with Crippen molar-refractivity contribution in [2.24, 2.45) is 5.41 Å². The predicted octanol–water partition coefficient (Wildman–Crippen LogP) is 3.67. The van der Waals surface area contributed by atoms with E-state index in [-0.39, 0.29) is 22.7 Å². The highest BCUT2D eigenvalue weighted by atomic mass is 16.6. The van der Waals surface area contributed by atoms with Crippen molar-refractivity contribution in [2.45, 2.75) is 45.6 Å². The second kappa shape index (κ2) is 5.71. The number of aromatic carboxylic acids is 1. The van der Waals surface area contributed by atoms with Crippen LogP contribution in [0.5, 0.6) is 0 Å². The molecule has 0 aliphatic heterocycles. The molecule has 0 bridgehead atoms. The average molecular weight is 292 g/mol. The van der Waals surface area contributed by atoms with E-state index in [4.69, 9.17) is 5.11 Å². The fourth-order valence-corrected chi connectivity index (χ4v) is 2.89. The van der Waals surface area contributed by atoms with E-state index >= 15 is 0 Å². The summed E-state index contributed by atoms with van der Waals surface area (Å²) in [4.78, 5) is 21.7. The molecular weight excluding hydrogens is 272 g/mol. The van der Waals surface area contributed by atoms with E-state index in [0.717, 1.165) is 25.7 Å². The van der Waals surface area contributed by atoms with Gasteiger partial charge in [-0.1, -0.05) is 26.7 Å². The molecule has 6 nitrogen and oxygen atoms in total. The Kier molecular flexibility index (Phi) is 4.16. The van der Waals surface area contributed by atoms with E-state index in [1.807, 2.05) is 0 Å². The van der Waals surface area contributed by atoms with E-state index in [2.05, 4.69) is 19.2 Å². The second-order valence-corrected chi connectivity index (χ2v) is 6.23. The number of rotatable bonds is 4. The highest BCUT2D eigenvalue weighted by Gasteiger charge is 2.33. The van der Waals surface area contributed by atoms with Crippen molar-refractivity contribution in [1.29, 1.82) is 0 Å². The molecule has 0 aromatic heterocycles. The molecule has 1 unspecified atom stereocenters. The Morgan fingerprint density at radius 1 is 1.43 bits per heavy atom. The molecule has 2 N–H and O–H groups in total. The van der Waals surface area contributed by atoms with E-state index < -0.39 is 10.9 Å². The van der Waals surface area contributed by atoms with Gasteiger partial charge in [-0.15, -0.1) is 0 Å². The Morgan fingerprint density at radius 3 is 2.71 bits per heavy atom. The number of anilines is 1. The van der Waals surface area contributed by atoms with Crippen LogP contribution in [0.25, 0.3) is 0 Å². The lowest BCUT2D eigenvalue weighted by atomic mass is 9.73. The lowest BCUT2D eigenvalue weighted by molar-refractivity contribution is -0.384. The number of nitrogens with one attached hydrogen (secondary N) is 1. The minimum atomic E-state index is -1.09. The maximum absolute atomic E-state index is 11.1. The largest absolute Gasteiger partial charge is 0.478 e. The van der Waals surface area contributed by atoms with Gasteiger partial charge in [0.05, 0.1) is 10.5 Å². The van der Waals surface area contributed by atoms with Crippen LogP contribution in [0.4, 0.5) is 11.4 Å². The molecule has 0 heterocycles. The summed E-state index contributed by atoms with van der Waals surface area (Å²) in [5, 5.41) is 23.4. The van der Waals surface area contributed by atoms with Crippen molar-refractivity contribution in [3.05, 3.63) is 33.9 Å². The monoisotopic (exact) mass is 292 g/mol. The van der Waals surface area contributed by atoms with Crippen LogP contribution in [-0.2, 0) is 0 Å². The molecule has 1 atom stereocenters. The third-order valence-electron chi connectivity index (χ3n) is 4.28. The average Bonchev–Trinajstić information content (AvgIpc) is 2.40. The van der Waals surface area contributed by atoms with Gasteiger partial charge in [0.2, 0.25) is 0 Å². The van der Waals surface area contributed by atoms with Gasteiger partial charge >= 0.3 is 5.97 Å². The molecule has 1 aliphatic carbocycles. The molecule has 1 aliphatic rings. The number of carbonyl (C=O) groups is 1. The van der Waals surface area contributed by atoms with Crippen LogP contribution in [-0.4, -0.2) is 22.0 Å². The fourth-order valence-electron chi connectivity index (χ4n) is 2.89. The lowest BCUT2D eigenvalue weighted by Crippen LogP contribution is -2.39. The minimum Gasteiger partial charge on any atom is -0.478 e. The molecule has 1 fully saturated rings. The zero-order chi connectivity index (χ0) is 15.6. The summed E-state index contributed by atoms with van der Waals surface area (Å²) in [6.45, 7) is 4.27. The molecule has 2 rings (SSSR count). The molecule has 21 heavy (non-hydrogen) atoms. The summed E-state index contributed by atoms with van der Waals surface area (Å²) in [5.41, 5.74) is 0.295. The Bertz CT molecular complexity index is 569. The molecule has 0 amide bonds. The summed E-state index contributed by atoms with van der Waals surface area (Å²) in [7, 11) is 0. The van der Waals surface area contributed by atoms with Gasteiger partial charge < -0.3 is 10.4 Å². The Morgan fingerprint density at radius 2 is 2.14 bits per heavy atom. The van der Waals surface area contributed by atoms with Crippen molar-refractivity contribution < 1.29 is 14.8 Å². The van der Waals surface area contributed by atoms with Crippen LogP contribution >= 0.6 is 0 Å². The summed E-state index contributed by atoms with van der Waals surface area (Å²) in [5.74, 6) is -1.09. The standard InChI is InChI=1S/C15H20N2O4/c1-15(2)8-4-3-5-13(15)16-11-9-10(14(18)19)6-7-12(11)17(20)21/h6-7,9,13,16H,3-5,8H2,1-2H3,(H,18,19). The second-order valence-electron chi connectivity index (χ2n) is 6.23. The van der Waals surface area contributed by atoms with Crippen molar-refractivity contribution in [3.8, 4) is 0 Å². The van der Waals surface area contributed by atoms with Crippen LogP contribution in [0.3, 0.4) is 0 Å². The Labute approximate surface area is 123 Å². The number of nitro benzene ring substituents is 1. The highest BCUT2D eigenvalue weighted by Crippen LogP contribution is 2.38. The quantitative estimate of drug-likeness (QED) is 0.652. The lowest BCUT2D eigenvalue weighted by Gasteiger charge is -2.39. The zero-order valence-electron chi connectivity index (χ0n) is 12.3. The first-order valence-electron chi connectivity index (χ1n) is 7.09. The third kappa shape index (κ3) is 3.32. The van der Waals surface area contributed by atoms with Crippen molar-refractivity contribution in [3.63, 3.8) is 0 Å². The van der Waals surface area contributed by atoms with Gasteiger partial charge in [0.1, 0.15) is 5.69 Å². The minimum absolute atomic E-state index is 0.0331. The van der Waals surface area contributed by atoms with Gasteiger partial charge in [0.25, 0.3) is 5.69 Å². The maximum atomic E-state index is 11.1. The first-order chi connectivity index (χ1) is 9.81. The molecule has 0 spiro atoms. The van der Waals surface area contributed by atoms with Crippen LogP contribution in [0.2, 0.25) is 0 Å². The molecule has 0 saturated heterocycles. The number of carboxylic acid groups (broad SMARTS) is 1. The van der Waals surface area contributed by atoms with Gasteiger partial charge in [0, 0.05) is 12.1 Å². The van der Waals surface area contributed by atoms with Gasteiger partial charge in [-0.25, -0.2) is 4.79 Å². The number of nitrogens with zero attached hydrogens (tertiary/aromatic N) is 1. The highest BCUT2D eigenvalue weighted by molar-refractivity contribution is 5.90. The van der Waals surface area contributed by atoms with Crippen LogP contribution in [0, 0.1) is 15.5 Å². The van der Waals surface area contributed by atoms with Crippen molar-refractivity contribution in [1.82, 2.24) is 0 Å². The Balaban J connectivity index is 2.34. The normalized spacial score (nSPS) is 20.8. The zero-order valence-corrected chi connectivity index (χ0v) is 12.3. The SMILES string of the molecule is CC1(C)CCCCC1Nc1cc(C(=O)O)ccc1[N+](=O)[O-]. The topological polar surface area (TPSA) is 92.5 Å². The smallest absolute Gasteiger partial charge is 0.335 e. The molecule has 114 valence electrons. The maximum Gasteiger partial charge on any atom is 0.335 e. The molecule has 0 radical (unpaired) electrons. The molecular formula is C15H20N2O4. The third-order valence-corrected chi connectivity index (χ3v) is 4.28. The van der Waals surface area contributed by atoms with Crippen LogP contribution in [0.1, 0.15) is 49.9 Å². The summed E-state index contributed by atoms with van der Waals surface area (Å²) in [6.07, 6.45) is 4.22. The van der Waals surface area contributed by atoms with Crippen molar-refractivity contribution >= 4 is 17.3 Å². The van der Waals surface area contributed by atoms with E-state index in [0.29, 0.717) is 5.69 Å². The van der Waals surface area contributed by atoms with E-state index in [9.17, 15) is 14.9 Å². The summed E-state index contributed by atoms with van der Waals surface area (Å²) < 4.78 is 0. The number of hydrogen-bond donors (Lipinski definition) is 2. The van der Waals surface area contributed by atoms with E-state index in [1.54, 1.807) is 0 Å². The molecule has 1 aromatic carbocycles. The number of carboxylic acids is 1. The van der Waals surface area contributed by atoms with Gasteiger partial charge in [-0.2, -0.15) is 0 Å². The Hall–Kier alpha value is -2.11. The van der Waals surface area contributed by atoms with Gasteiger partial charge in [-0.05, 0) is 30.4 Å². The van der Waals surface area contributed by atoms with Gasteiger partial charge in [0.15, 0.2) is 0 Å². The first kappa shape index (κ1) is 15.3. The predicted molar refractivity (Wildman–Crippen MR) is 79.7 cm³/mol. The molecule has 6 heteroatoms. The number of nitro groups is 1. The van der Waals surface area contributed by atoms with Crippen molar-refractivity contribution in [2.75, 3.05) is 5.32 Å².